The minimum absolute atomic E-state index is 0.106. The molecule has 0 radical (unpaired) electrons. The highest BCUT2D eigenvalue weighted by molar-refractivity contribution is 9.12. The van der Waals surface area contributed by atoms with E-state index < -0.39 is 0 Å². The van der Waals surface area contributed by atoms with Crippen LogP contribution in [0.3, 0.4) is 0 Å². The number of carbonyl (C=O) groups excluding carboxylic acids is 1. The van der Waals surface area contributed by atoms with Crippen LogP contribution in [0.25, 0.3) is 0 Å². The number of halogens is 1. The summed E-state index contributed by atoms with van der Waals surface area (Å²) in [4.78, 5) is 13.8. The Balaban J connectivity index is 2.41. The Morgan fingerprint density at radius 3 is 2.59 bits per heavy atom. The molecule has 0 saturated heterocycles. The van der Waals surface area contributed by atoms with Crippen molar-refractivity contribution in [3.8, 4) is 0 Å². The van der Waals surface area contributed by atoms with Gasteiger partial charge in [0.25, 0.3) is 5.91 Å². The van der Waals surface area contributed by atoms with Gasteiger partial charge in [-0.2, -0.15) is 0 Å². The number of rotatable bonds is 1. The van der Waals surface area contributed by atoms with E-state index in [-0.39, 0.29) is 17.8 Å². The fourth-order valence-corrected chi connectivity index (χ4v) is 2.91. The van der Waals surface area contributed by atoms with Gasteiger partial charge in [-0.05, 0) is 41.3 Å². The van der Waals surface area contributed by atoms with Crippen molar-refractivity contribution in [1.82, 2.24) is 4.90 Å². The predicted octanol–water partition coefficient (Wildman–Crippen LogP) is 2.26. The molecule has 17 heavy (non-hydrogen) atoms. The summed E-state index contributed by atoms with van der Waals surface area (Å²) in [6.45, 7) is 1.81. The van der Waals surface area contributed by atoms with Gasteiger partial charge in [0, 0.05) is 17.8 Å². The molecule has 2 rings (SSSR count). The second kappa shape index (κ2) is 4.64. The lowest BCUT2D eigenvalue weighted by Crippen LogP contribution is -2.47. The van der Waals surface area contributed by atoms with Crippen molar-refractivity contribution >= 4 is 27.7 Å². The summed E-state index contributed by atoms with van der Waals surface area (Å²) in [7, 11) is 0. The van der Waals surface area contributed by atoms with Crippen LogP contribution < -0.4 is 5.73 Å². The van der Waals surface area contributed by atoms with Crippen LogP contribution in [0.2, 0.25) is 0 Å². The normalized spacial score (nSPS) is 25.3. The van der Waals surface area contributed by atoms with Crippen molar-refractivity contribution in [3.63, 3.8) is 0 Å². The molecule has 92 valence electrons. The molecule has 1 fully saturated rings. The molecule has 3 N–H and O–H groups in total. The highest BCUT2D eigenvalue weighted by Gasteiger charge is 2.37. The molecule has 0 atom stereocenters. The first kappa shape index (κ1) is 12.4. The minimum Gasteiger partial charge on any atom is -0.404 e. The third-order valence-corrected chi connectivity index (χ3v) is 4.43. The lowest BCUT2D eigenvalue weighted by atomic mass is 10.00. The maximum Gasteiger partial charge on any atom is 0.267 e. The van der Waals surface area contributed by atoms with Gasteiger partial charge >= 0.3 is 0 Å². The number of nitrogens with zero attached hydrogens (tertiary/aromatic N) is 1. The first-order chi connectivity index (χ1) is 8.07. The van der Waals surface area contributed by atoms with Crippen molar-refractivity contribution in [2.45, 2.75) is 38.6 Å². The SMILES string of the molecule is CC1=C(Br)C(=O)N(C2CCCC2)C(=N)/C1=C\N. The van der Waals surface area contributed by atoms with Crippen molar-refractivity contribution < 1.29 is 4.79 Å². The van der Waals surface area contributed by atoms with Gasteiger partial charge in [-0.1, -0.05) is 12.8 Å². The molecule has 0 spiro atoms. The van der Waals surface area contributed by atoms with Crippen LogP contribution in [0.5, 0.6) is 0 Å². The summed E-state index contributed by atoms with van der Waals surface area (Å²) in [5, 5.41) is 8.12. The predicted molar refractivity (Wildman–Crippen MR) is 70.7 cm³/mol. The Bertz CT molecular complexity index is 433. The summed E-state index contributed by atoms with van der Waals surface area (Å²) < 4.78 is 0.525. The highest BCUT2D eigenvalue weighted by atomic mass is 79.9. The number of carbonyl (C=O) groups is 1. The average molecular weight is 298 g/mol. The average Bonchev–Trinajstić information content (AvgIpc) is 2.81. The summed E-state index contributed by atoms with van der Waals surface area (Å²) in [5.74, 6) is 0.134. The maximum absolute atomic E-state index is 12.2. The van der Waals surface area contributed by atoms with Crippen LogP contribution in [0.4, 0.5) is 0 Å². The van der Waals surface area contributed by atoms with Gasteiger partial charge in [-0.3, -0.25) is 15.1 Å². The summed E-state index contributed by atoms with van der Waals surface area (Å²) >= 11 is 3.31. The molecule has 1 aliphatic heterocycles. The number of amidine groups is 1. The molecule has 0 aromatic carbocycles. The molecular weight excluding hydrogens is 282 g/mol. The van der Waals surface area contributed by atoms with Crippen LogP contribution in [-0.4, -0.2) is 22.7 Å². The van der Waals surface area contributed by atoms with E-state index in [2.05, 4.69) is 15.9 Å². The Labute approximate surface area is 109 Å². The van der Waals surface area contributed by atoms with Crippen molar-refractivity contribution in [1.29, 1.82) is 5.41 Å². The number of nitrogens with one attached hydrogen (secondary N) is 1. The monoisotopic (exact) mass is 297 g/mol. The molecule has 0 aromatic rings. The van der Waals surface area contributed by atoms with Gasteiger partial charge in [-0.25, -0.2) is 0 Å². The molecule has 1 aliphatic carbocycles. The zero-order valence-electron chi connectivity index (χ0n) is 9.79. The zero-order valence-corrected chi connectivity index (χ0v) is 11.4. The fraction of sp³-hybridized carbons (Fsp3) is 0.500. The van der Waals surface area contributed by atoms with Gasteiger partial charge in [0.2, 0.25) is 0 Å². The molecule has 4 nitrogen and oxygen atoms in total. The van der Waals surface area contributed by atoms with Crippen LogP contribution in [-0.2, 0) is 4.79 Å². The maximum atomic E-state index is 12.2. The largest absolute Gasteiger partial charge is 0.404 e. The molecule has 0 unspecified atom stereocenters. The fourth-order valence-electron chi connectivity index (χ4n) is 2.51. The van der Waals surface area contributed by atoms with Crippen LogP contribution in [0.15, 0.2) is 21.8 Å². The number of nitrogens with two attached hydrogens (primary N) is 1. The molecule has 1 amide bonds. The summed E-state index contributed by atoms with van der Waals surface area (Å²) in [6, 6.07) is 0.158. The highest BCUT2D eigenvalue weighted by Crippen LogP contribution is 2.33. The molecule has 0 bridgehead atoms. The van der Waals surface area contributed by atoms with Gasteiger partial charge in [0.1, 0.15) is 5.84 Å². The Kier molecular flexibility index (Phi) is 3.38. The number of hydrogen-bond acceptors (Lipinski definition) is 3. The van der Waals surface area contributed by atoms with Gasteiger partial charge < -0.3 is 5.73 Å². The number of amides is 1. The smallest absolute Gasteiger partial charge is 0.267 e. The second-order valence-electron chi connectivity index (χ2n) is 4.48. The Morgan fingerprint density at radius 1 is 1.47 bits per heavy atom. The van der Waals surface area contributed by atoms with Gasteiger partial charge in [0.05, 0.1) is 4.48 Å². The van der Waals surface area contributed by atoms with Crippen molar-refractivity contribution in [3.05, 3.63) is 21.8 Å². The molecule has 0 aromatic heterocycles. The molecular formula is C12H16BrN3O. The minimum atomic E-state index is -0.106. The van der Waals surface area contributed by atoms with Crippen LogP contribution in [0, 0.1) is 5.41 Å². The van der Waals surface area contributed by atoms with E-state index in [0.29, 0.717) is 10.1 Å². The second-order valence-corrected chi connectivity index (χ2v) is 5.27. The van der Waals surface area contributed by atoms with Crippen LogP contribution >= 0.6 is 15.9 Å². The summed E-state index contributed by atoms with van der Waals surface area (Å²) in [5.41, 5.74) is 6.95. The molecule has 2 aliphatic rings. The quantitative estimate of drug-likeness (QED) is 0.779. The van der Waals surface area contributed by atoms with E-state index in [1.165, 1.54) is 6.20 Å². The van der Waals surface area contributed by atoms with E-state index in [1.54, 1.807) is 11.8 Å². The lowest BCUT2D eigenvalue weighted by molar-refractivity contribution is -0.124. The molecule has 1 heterocycles. The third kappa shape index (κ3) is 1.92. The topological polar surface area (TPSA) is 70.2 Å². The summed E-state index contributed by atoms with van der Waals surface area (Å²) in [6.07, 6.45) is 5.62. The first-order valence-electron chi connectivity index (χ1n) is 5.79. The Hall–Kier alpha value is -1.10. The van der Waals surface area contributed by atoms with E-state index in [1.807, 2.05) is 0 Å². The van der Waals surface area contributed by atoms with E-state index in [9.17, 15) is 4.79 Å². The molecule has 1 saturated carbocycles. The van der Waals surface area contributed by atoms with Gasteiger partial charge in [-0.15, -0.1) is 0 Å². The third-order valence-electron chi connectivity index (χ3n) is 3.49. The van der Waals surface area contributed by atoms with Crippen molar-refractivity contribution in [2.75, 3.05) is 0 Å². The van der Waals surface area contributed by atoms with E-state index in [0.717, 1.165) is 31.3 Å². The van der Waals surface area contributed by atoms with Crippen molar-refractivity contribution in [2.24, 2.45) is 5.73 Å². The standard InChI is InChI=1S/C12H16BrN3O/c1-7-9(6-14)11(15)16(12(17)10(7)13)8-4-2-3-5-8/h6,8,15H,2-5,14H2,1H3/b9-6-,15-11?. The first-order valence-corrected chi connectivity index (χ1v) is 6.58. The zero-order chi connectivity index (χ0) is 12.6. The van der Waals surface area contributed by atoms with Crippen LogP contribution in [0.1, 0.15) is 32.6 Å². The molecule has 5 heteroatoms. The van der Waals surface area contributed by atoms with Gasteiger partial charge in [0.15, 0.2) is 0 Å². The number of hydrogen-bond donors (Lipinski definition) is 2. The van der Waals surface area contributed by atoms with E-state index in [4.69, 9.17) is 11.1 Å². The Morgan fingerprint density at radius 2 is 2.06 bits per heavy atom. The lowest BCUT2D eigenvalue weighted by Gasteiger charge is -2.34. The van der Waals surface area contributed by atoms with E-state index >= 15 is 0 Å².